The molecule has 3 aromatic rings. The average molecular weight is 550 g/mol. The molecule has 8 heteroatoms. The predicted octanol–water partition coefficient (Wildman–Crippen LogP) is 4.96. The lowest BCUT2D eigenvalue weighted by Gasteiger charge is -2.33. The summed E-state index contributed by atoms with van der Waals surface area (Å²) in [6, 6.07) is 24.2. The molecule has 0 radical (unpaired) electrons. The summed E-state index contributed by atoms with van der Waals surface area (Å²) in [4.78, 5) is 28.8. The number of benzene rings is 3. The Morgan fingerprint density at radius 1 is 0.872 bits per heavy atom. The highest BCUT2D eigenvalue weighted by molar-refractivity contribution is 7.92. The first kappa shape index (κ1) is 29.9. The molecule has 0 aliphatic heterocycles. The monoisotopic (exact) mass is 549 g/mol. The van der Waals surface area contributed by atoms with E-state index in [4.69, 9.17) is 0 Å². The quantitative estimate of drug-likeness (QED) is 0.288. The summed E-state index contributed by atoms with van der Waals surface area (Å²) < 4.78 is 28.7. The maximum atomic E-state index is 14.0. The highest BCUT2D eigenvalue weighted by atomic mass is 32.2. The number of nitrogens with zero attached hydrogens (tertiary/aromatic N) is 2. The lowest BCUT2D eigenvalue weighted by atomic mass is 10.1. The fourth-order valence-corrected chi connectivity index (χ4v) is 5.80. The van der Waals surface area contributed by atoms with Crippen molar-refractivity contribution in [3.8, 4) is 0 Å². The van der Waals surface area contributed by atoms with Crippen molar-refractivity contribution in [2.24, 2.45) is 0 Å². The standard InChI is InChI=1S/C31H39N3O4S/c1-4-6-22-32-31(36)29(5-2)33(23-21-26-13-9-7-10-14-26)30(35)24-34(27-19-17-25(3)18-20-27)39(37,38)28-15-11-8-12-16-28/h7-20,29H,4-6,21-24H2,1-3H3,(H,32,36)/t29-/m1/s1. The van der Waals surface area contributed by atoms with Gasteiger partial charge in [-0.15, -0.1) is 0 Å². The Kier molecular flexibility index (Phi) is 11.1. The largest absolute Gasteiger partial charge is 0.354 e. The predicted molar refractivity (Wildman–Crippen MR) is 156 cm³/mol. The Bertz CT molecular complexity index is 1300. The Labute approximate surface area is 232 Å². The first-order valence-electron chi connectivity index (χ1n) is 13.5. The van der Waals surface area contributed by atoms with E-state index in [9.17, 15) is 18.0 Å². The van der Waals surface area contributed by atoms with Crippen molar-refractivity contribution in [3.63, 3.8) is 0 Å². The molecule has 39 heavy (non-hydrogen) atoms. The normalized spacial score (nSPS) is 12.0. The van der Waals surface area contributed by atoms with Gasteiger partial charge in [0.15, 0.2) is 0 Å². The van der Waals surface area contributed by atoms with Crippen LogP contribution >= 0.6 is 0 Å². The number of carbonyl (C=O) groups is 2. The van der Waals surface area contributed by atoms with Crippen LogP contribution < -0.4 is 9.62 Å². The first-order chi connectivity index (χ1) is 18.8. The number of sulfonamides is 1. The Morgan fingerprint density at radius 2 is 1.49 bits per heavy atom. The molecule has 0 saturated carbocycles. The van der Waals surface area contributed by atoms with E-state index in [0.29, 0.717) is 25.1 Å². The second kappa shape index (κ2) is 14.5. The van der Waals surface area contributed by atoms with Crippen LogP contribution in [-0.2, 0) is 26.0 Å². The Hall–Kier alpha value is -3.65. The number of anilines is 1. The van der Waals surface area contributed by atoms with E-state index < -0.39 is 28.5 Å². The number of hydrogen-bond acceptors (Lipinski definition) is 4. The molecule has 0 bridgehead atoms. The van der Waals surface area contributed by atoms with Crippen LogP contribution in [0, 0.1) is 6.92 Å². The molecule has 0 aliphatic rings. The molecule has 3 rings (SSSR count). The highest BCUT2D eigenvalue weighted by Gasteiger charge is 2.33. The third-order valence-corrected chi connectivity index (χ3v) is 8.42. The molecule has 208 valence electrons. The van der Waals surface area contributed by atoms with E-state index >= 15 is 0 Å². The zero-order valence-corrected chi connectivity index (χ0v) is 23.9. The molecule has 0 aromatic heterocycles. The maximum Gasteiger partial charge on any atom is 0.264 e. The molecular formula is C31H39N3O4S. The highest BCUT2D eigenvalue weighted by Crippen LogP contribution is 2.25. The number of aryl methyl sites for hydroxylation is 1. The Morgan fingerprint density at radius 3 is 2.08 bits per heavy atom. The van der Waals surface area contributed by atoms with Crippen LogP contribution in [0.15, 0.2) is 89.8 Å². The molecule has 2 amide bonds. The molecule has 0 spiro atoms. The molecule has 1 N–H and O–H groups in total. The van der Waals surface area contributed by atoms with Gasteiger partial charge in [-0.3, -0.25) is 13.9 Å². The molecule has 0 aliphatic carbocycles. The van der Waals surface area contributed by atoms with Crippen LogP contribution in [0.25, 0.3) is 0 Å². The van der Waals surface area contributed by atoms with Gasteiger partial charge in [-0.05, 0) is 56.0 Å². The number of unbranched alkanes of at least 4 members (excludes halogenated alkanes) is 1. The Balaban J connectivity index is 1.96. The van der Waals surface area contributed by atoms with Gasteiger partial charge in [0.1, 0.15) is 12.6 Å². The summed E-state index contributed by atoms with van der Waals surface area (Å²) >= 11 is 0. The van der Waals surface area contributed by atoms with Gasteiger partial charge in [0, 0.05) is 13.1 Å². The van der Waals surface area contributed by atoms with Gasteiger partial charge >= 0.3 is 0 Å². The minimum absolute atomic E-state index is 0.0959. The van der Waals surface area contributed by atoms with E-state index in [1.165, 1.54) is 17.0 Å². The lowest BCUT2D eigenvalue weighted by Crippen LogP contribution is -2.53. The fourth-order valence-electron chi connectivity index (χ4n) is 4.36. The average Bonchev–Trinajstić information content (AvgIpc) is 2.95. The van der Waals surface area contributed by atoms with Gasteiger partial charge in [-0.2, -0.15) is 0 Å². The summed E-state index contributed by atoms with van der Waals surface area (Å²) in [7, 11) is -4.05. The molecule has 0 saturated heterocycles. The van der Waals surface area contributed by atoms with Gasteiger partial charge in [0.25, 0.3) is 10.0 Å². The van der Waals surface area contributed by atoms with Crippen molar-refractivity contribution in [2.45, 2.75) is 57.4 Å². The molecular weight excluding hydrogens is 510 g/mol. The number of rotatable bonds is 14. The zero-order valence-electron chi connectivity index (χ0n) is 23.0. The summed E-state index contributed by atoms with van der Waals surface area (Å²) in [5.41, 5.74) is 2.39. The summed E-state index contributed by atoms with van der Waals surface area (Å²) in [6.07, 6.45) is 2.74. The van der Waals surface area contributed by atoms with E-state index in [2.05, 4.69) is 5.32 Å². The SMILES string of the molecule is CCCCNC(=O)[C@@H](CC)N(CCc1ccccc1)C(=O)CN(c1ccc(C)cc1)S(=O)(=O)c1ccccc1. The third kappa shape index (κ3) is 8.17. The maximum absolute atomic E-state index is 14.0. The van der Waals surface area contributed by atoms with Crippen LogP contribution in [-0.4, -0.2) is 50.8 Å². The van der Waals surface area contributed by atoms with Crippen LogP contribution in [0.5, 0.6) is 0 Å². The minimum atomic E-state index is -4.05. The van der Waals surface area contributed by atoms with Crippen molar-refractivity contribution < 1.29 is 18.0 Å². The number of hydrogen-bond donors (Lipinski definition) is 1. The van der Waals surface area contributed by atoms with Crippen LogP contribution in [0.2, 0.25) is 0 Å². The molecule has 0 unspecified atom stereocenters. The fraction of sp³-hybridized carbons (Fsp3) is 0.355. The van der Waals surface area contributed by atoms with Crippen molar-refractivity contribution in [1.29, 1.82) is 0 Å². The van der Waals surface area contributed by atoms with Crippen molar-refractivity contribution >= 4 is 27.5 Å². The molecule has 1 atom stereocenters. The molecule has 7 nitrogen and oxygen atoms in total. The summed E-state index contributed by atoms with van der Waals surface area (Å²) in [6.45, 7) is 6.23. The van der Waals surface area contributed by atoms with E-state index in [-0.39, 0.29) is 17.3 Å². The number of carbonyl (C=O) groups excluding carboxylic acids is 2. The van der Waals surface area contributed by atoms with Crippen molar-refractivity contribution in [2.75, 3.05) is 23.9 Å². The summed E-state index contributed by atoms with van der Waals surface area (Å²) in [5.74, 6) is -0.649. The third-order valence-electron chi connectivity index (χ3n) is 6.63. The van der Waals surface area contributed by atoms with Gasteiger partial charge in [-0.1, -0.05) is 86.5 Å². The van der Waals surface area contributed by atoms with Gasteiger partial charge < -0.3 is 10.2 Å². The van der Waals surface area contributed by atoms with E-state index in [1.807, 2.05) is 63.2 Å². The lowest BCUT2D eigenvalue weighted by molar-refractivity contribution is -0.139. The smallest absolute Gasteiger partial charge is 0.264 e. The van der Waals surface area contributed by atoms with Gasteiger partial charge in [0.05, 0.1) is 10.6 Å². The zero-order chi connectivity index (χ0) is 28.3. The van der Waals surface area contributed by atoms with E-state index in [0.717, 1.165) is 28.3 Å². The molecule has 0 heterocycles. The number of nitrogens with one attached hydrogen (secondary N) is 1. The second-order valence-electron chi connectivity index (χ2n) is 9.55. The van der Waals surface area contributed by atoms with Gasteiger partial charge in [0.2, 0.25) is 11.8 Å². The van der Waals surface area contributed by atoms with Crippen molar-refractivity contribution in [1.82, 2.24) is 10.2 Å². The number of amides is 2. The molecule has 3 aromatic carbocycles. The molecule has 0 fully saturated rings. The summed E-state index contributed by atoms with van der Waals surface area (Å²) in [5, 5.41) is 2.95. The van der Waals surface area contributed by atoms with Crippen LogP contribution in [0.3, 0.4) is 0 Å². The first-order valence-corrected chi connectivity index (χ1v) is 15.0. The second-order valence-corrected chi connectivity index (χ2v) is 11.4. The van der Waals surface area contributed by atoms with Crippen LogP contribution in [0.4, 0.5) is 5.69 Å². The minimum Gasteiger partial charge on any atom is -0.354 e. The van der Waals surface area contributed by atoms with Crippen molar-refractivity contribution in [3.05, 3.63) is 96.1 Å². The van der Waals surface area contributed by atoms with Gasteiger partial charge in [-0.25, -0.2) is 8.42 Å². The van der Waals surface area contributed by atoms with E-state index in [1.54, 1.807) is 30.3 Å². The van der Waals surface area contributed by atoms with Crippen LogP contribution in [0.1, 0.15) is 44.2 Å². The topological polar surface area (TPSA) is 86.8 Å².